The second-order valence-corrected chi connectivity index (χ2v) is 9.86. The number of carbonyl (C=O) groups is 1. The zero-order valence-corrected chi connectivity index (χ0v) is 19.7. The predicted molar refractivity (Wildman–Crippen MR) is 132 cm³/mol. The third kappa shape index (κ3) is 3.80. The molecule has 1 amide bonds. The lowest BCUT2D eigenvalue weighted by Crippen LogP contribution is -2.47. The van der Waals surface area contributed by atoms with E-state index in [9.17, 15) is 4.79 Å². The van der Waals surface area contributed by atoms with Crippen molar-refractivity contribution in [3.05, 3.63) is 112 Å². The van der Waals surface area contributed by atoms with E-state index >= 15 is 0 Å². The Balaban J connectivity index is 1.49. The van der Waals surface area contributed by atoms with Crippen LogP contribution in [0.4, 0.5) is 0 Å². The highest BCUT2D eigenvalue weighted by Gasteiger charge is 2.51. The largest absolute Gasteiger partial charge is 0.369 e. The standard InChI is InChI=1S/C28H29N3OS/c1-21-30(19-22-14-17-33-20-22)15-16-31(21)26-13-12-25(18-26)28(27(29)32,23-8-4-2-5-9-23)24-10-6-3-7-11-24/h2-11,14-17,20,25-26H,12-13,18-19H2,1H3,(H-,29,32)/p+1/t25-,26+/m0/s1. The minimum atomic E-state index is -0.828. The number of benzene rings is 2. The molecular formula is C28H30N3OS+. The van der Waals surface area contributed by atoms with Gasteiger partial charge < -0.3 is 5.73 Å². The van der Waals surface area contributed by atoms with E-state index in [0.29, 0.717) is 6.04 Å². The minimum absolute atomic E-state index is 0.136. The Morgan fingerprint density at radius 3 is 2.30 bits per heavy atom. The van der Waals surface area contributed by atoms with Crippen LogP contribution in [0, 0.1) is 12.8 Å². The normalized spacial score (nSPS) is 18.5. The second-order valence-electron chi connectivity index (χ2n) is 9.08. The third-order valence-electron chi connectivity index (χ3n) is 7.39. The van der Waals surface area contributed by atoms with E-state index in [0.717, 1.165) is 36.9 Å². The van der Waals surface area contributed by atoms with Crippen LogP contribution in [-0.4, -0.2) is 10.5 Å². The van der Waals surface area contributed by atoms with Gasteiger partial charge in [0.2, 0.25) is 5.91 Å². The van der Waals surface area contributed by atoms with Crippen molar-refractivity contribution in [3.8, 4) is 0 Å². The van der Waals surface area contributed by atoms with Gasteiger partial charge in [0, 0.05) is 12.5 Å². The van der Waals surface area contributed by atoms with E-state index < -0.39 is 5.41 Å². The van der Waals surface area contributed by atoms with Crippen LogP contribution in [0.5, 0.6) is 0 Å². The summed E-state index contributed by atoms with van der Waals surface area (Å²) in [5, 5.41) is 4.33. The van der Waals surface area contributed by atoms with Crippen molar-refractivity contribution in [2.24, 2.45) is 11.7 Å². The summed E-state index contributed by atoms with van der Waals surface area (Å²) in [5.41, 5.74) is 8.75. The first kappa shape index (κ1) is 21.7. The van der Waals surface area contributed by atoms with Crippen LogP contribution in [0.25, 0.3) is 0 Å². The van der Waals surface area contributed by atoms with Gasteiger partial charge in [-0.25, -0.2) is 9.13 Å². The Bertz CT molecular complexity index is 1180. The number of nitrogens with two attached hydrogens (primary N) is 1. The molecule has 0 spiro atoms. The number of nitrogens with zero attached hydrogens (tertiary/aromatic N) is 2. The number of rotatable bonds is 7. The molecule has 0 aliphatic heterocycles. The van der Waals surface area contributed by atoms with Gasteiger partial charge in [0.1, 0.15) is 30.4 Å². The molecule has 5 heteroatoms. The Morgan fingerprint density at radius 1 is 1.06 bits per heavy atom. The molecule has 2 heterocycles. The Morgan fingerprint density at radius 2 is 1.73 bits per heavy atom. The molecule has 2 atom stereocenters. The summed E-state index contributed by atoms with van der Waals surface area (Å²) in [6.07, 6.45) is 7.29. The molecule has 0 saturated heterocycles. The smallest absolute Gasteiger partial charge is 0.253 e. The molecule has 4 nitrogen and oxygen atoms in total. The van der Waals surface area contributed by atoms with Crippen LogP contribution < -0.4 is 10.3 Å². The highest BCUT2D eigenvalue weighted by Crippen LogP contribution is 2.49. The lowest BCUT2D eigenvalue weighted by Gasteiger charge is -2.37. The number of aromatic nitrogens is 2. The maximum absolute atomic E-state index is 13.3. The summed E-state index contributed by atoms with van der Waals surface area (Å²) in [6, 6.07) is 22.8. The highest BCUT2D eigenvalue weighted by molar-refractivity contribution is 7.07. The monoisotopic (exact) mass is 456 g/mol. The fourth-order valence-electron chi connectivity index (χ4n) is 5.78. The molecule has 5 rings (SSSR count). The van der Waals surface area contributed by atoms with Crippen molar-refractivity contribution in [2.45, 2.75) is 44.2 Å². The number of amides is 1. The topological polar surface area (TPSA) is 51.9 Å². The van der Waals surface area contributed by atoms with Crippen molar-refractivity contribution < 1.29 is 9.36 Å². The molecule has 168 valence electrons. The number of primary amides is 1. The van der Waals surface area contributed by atoms with Gasteiger partial charge in [0.15, 0.2) is 0 Å². The van der Waals surface area contributed by atoms with Gasteiger partial charge in [-0.1, -0.05) is 60.7 Å². The van der Waals surface area contributed by atoms with Crippen LogP contribution in [0.2, 0.25) is 0 Å². The van der Waals surface area contributed by atoms with Crippen molar-refractivity contribution in [2.75, 3.05) is 0 Å². The van der Waals surface area contributed by atoms with E-state index in [1.807, 2.05) is 36.4 Å². The Labute approximate surface area is 199 Å². The molecule has 1 saturated carbocycles. The van der Waals surface area contributed by atoms with Gasteiger partial charge in [-0.15, -0.1) is 0 Å². The molecule has 2 aromatic carbocycles. The summed E-state index contributed by atoms with van der Waals surface area (Å²) in [6.45, 7) is 3.08. The number of hydrogen-bond acceptors (Lipinski definition) is 2. The fourth-order valence-corrected chi connectivity index (χ4v) is 6.44. The van der Waals surface area contributed by atoms with Gasteiger partial charge in [-0.3, -0.25) is 4.79 Å². The van der Waals surface area contributed by atoms with E-state index in [1.54, 1.807) is 11.3 Å². The molecule has 2 N–H and O–H groups in total. The van der Waals surface area contributed by atoms with E-state index in [-0.39, 0.29) is 11.8 Å². The first-order valence-corrected chi connectivity index (χ1v) is 12.5. The molecule has 4 aromatic rings. The summed E-state index contributed by atoms with van der Waals surface area (Å²) >= 11 is 1.73. The molecule has 1 aliphatic carbocycles. The van der Waals surface area contributed by atoms with Crippen LogP contribution in [-0.2, 0) is 16.8 Å². The quantitative estimate of drug-likeness (QED) is 0.391. The second kappa shape index (κ2) is 8.99. The minimum Gasteiger partial charge on any atom is -0.369 e. The summed E-state index contributed by atoms with van der Waals surface area (Å²) in [5.74, 6) is 1.12. The molecule has 0 radical (unpaired) electrons. The molecule has 2 aromatic heterocycles. The van der Waals surface area contributed by atoms with Gasteiger partial charge in [0.25, 0.3) is 5.82 Å². The fraction of sp³-hybridized carbons (Fsp3) is 0.286. The summed E-state index contributed by atoms with van der Waals surface area (Å²) in [4.78, 5) is 13.3. The summed E-state index contributed by atoms with van der Waals surface area (Å²) < 4.78 is 4.71. The van der Waals surface area contributed by atoms with Crippen LogP contribution in [0.15, 0.2) is 89.9 Å². The van der Waals surface area contributed by atoms with Gasteiger partial charge in [0.05, 0.1) is 0 Å². The zero-order valence-electron chi connectivity index (χ0n) is 18.9. The first-order valence-electron chi connectivity index (χ1n) is 11.6. The van der Waals surface area contributed by atoms with E-state index in [2.05, 4.69) is 69.5 Å². The first-order chi connectivity index (χ1) is 16.1. The molecule has 0 unspecified atom stereocenters. The molecule has 33 heavy (non-hydrogen) atoms. The number of carbonyl (C=O) groups excluding carboxylic acids is 1. The molecule has 1 fully saturated rings. The van der Waals surface area contributed by atoms with E-state index in [1.165, 1.54) is 11.4 Å². The highest BCUT2D eigenvalue weighted by atomic mass is 32.1. The van der Waals surface area contributed by atoms with Crippen molar-refractivity contribution in [3.63, 3.8) is 0 Å². The van der Waals surface area contributed by atoms with Crippen molar-refractivity contribution in [1.29, 1.82) is 0 Å². The average Bonchev–Trinajstić information content (AvgIpc) is 3.59. The van der Waals surface area contributed by atoms with Crippen molar-refractivity contribution in [1.82, 2.24) is 4.57 Å². The van der Waals surface area contributed by atoms with Crippen molar-refractivity contribution >= 4 is 17.2 Å². The third-order valence-corrected chi connectivity index (χ3v) is 8.12. The number of hydrogen-bond donors (Lipinski definition) is 1. The van der Waals surface area contributed by atoms with Gasteiger partial charge >= 0.3 is 0 Å². The molecular weight excluding hydrogens is 426 g/mol. The lowest BCUT2D eigenvalue weighted by molar-refractivity contribution is -0.694. The van der Waals surface area contributed by atoms with Crippen LogP contribution in [0.3, 0.4) is 0 Å². The molecule has 0 bridgehead atoms. The SMILES string of the molecule is Cc1n([C@@H]2CC[C@H](C(C(N)=O)(c3ccccc3)c3ccccc3)C2)cc[n+]1Cc1ccsc1. The molecule has 1 aliphatic rings. The maximum atomic E-state index is 13.3. The zero-order chi connectivity index (χ0) is 22.8. The van der Waals surface area contributed by atoms with Gasteiger partial charge in [-0.05, 0) is 53.1 Å². The average molecular weight is 457 g/mol. The van der Waals surface area contributed by atoms with Gasteiger partial charge in [-0.2, -0.15) is 11.3 Å². The predicted octanol–water partition coefficient (Wildman–Crippen LogP) is 5.01. The lowest BCUT2D eigenvalue weighted by atomic mass is 9.64. The maximum Gasteiger partial charge on any atom is 0.253 e. The van der Waals surface area contributed by atoms with Crippen LogP contribution in [0.1, 0.15) is 47.8 Å². The Hall–Kier alpha value is -3.18. The number of imidazole rings is 1. The van der Waals surface area contributed by atoms with E-state index in [4.69, 9.17) is 5.73 Å². The Kier molecular flexibility index (Phi) is 5.90. The summed E-state index contributed by atoms with van der Waals surface area (Å²) in [7, 11) is 0. The number of thiophene rings is 1. The van der Waals surface area contributed by atoms with Crippen LogP contribution >= 0.6 is 11.3 Å².